The predicted molar refractivity (Wildman–Crippen MR) is 114 cm³/mol. The van der Waals surface area contributed by atoms with Crippen LogP contribution in [0.1, 0.15) is 39.5 Å². The summed E-state index contributed by atoms with van der Waals surface area (Å²) in [4.78, 5) is 38.5. The maximum atomic E-state index is 12.2. The molecule has 2 heterocycles. The molecule has 1 aromatic carbocycles. The molecule has 0 aliphatic rings. The second kappa shape index (κ2) is 10.5. The highest BCUT2D eigenvalue weighted by atomic mass is 35.5. The van der Waals surface area contributed by atoms with Gasteiger partial charge in [-0.15, -0.1) is 0 Å². The average molecular weight is 478 g/mol. The predicted octanol–water partition coefficient (Wildman–Crippen LogP) is 1.74. The summed E-state index contributed by atoms with van der Waals surface area (Å²) in [5, 5.41) is 23.5. The van der Waals surface area contributed by atoms with Crippen LogP contribution in [0.25, 0.3) is 0 Å². The number of aromatic nitrogens is 4. The maximum Gasteiger partial charge on any atom is 0.408 e. The van der Waals surface area contributed by atoms with Crippen LogP contribution in [0.15, 0.2) is 28.8 Å². The van der Waals surface area contributed by atoms with Crippen LogP contribution in [0.4, 0.5) is 5.82 Å². The van der Waals surface area contributed by atoms with E-state index in [1.165, 1.54) is 4.68 Å². The van der Waals surface area contributed by atoms with Crippen molar-refractivity contribution < 1.29 is 23.8 Å². The molecule has 0 saturated carbocycles. The zero-order valence-electron chi connectivity index (χ0n) is 17.7. The van der Waals surface area contributed by atoms with Crippen LogP contribution in [-0.2, 0) is 6.54 Å². The van der Waals surface area contributed by atoms with Crippen LogP contribution < -0.4 is 15.4 Å². The number of carbonyl (C=O) groups excluding carboxylic acids is 2. The first-order valence-electron chi connectivity index (χ1n) is 9.79. The standard InChI is InChI=1S/C19H20ClN7O6/c1-3-32-13-6-4-12(5-7-13)17(28)21-8-9-22-18(29)19-23-14(25-33-19)10-26-11(2)15(20)16(24-26)27(30)31/h4-7H,3,8-10H2,1-2H3,(H,21,28)(H,22,29). The number of ether oxygens (including phenoxy) is 1. The summed E-state index contributed by atoms with van der Waals surface area (Å²) >= 11 is 5.89. The zero-order chi connectivity index (χ0) is 24.0. The maximum absolute atomic E-state index is 12.2. The van der Waals surface area contributed by atoms with Crippen molar-refractivity contribution in [3.8, 4) is 5.75 Å². The number of hydrogen-bond donors (Lipinski definition) is 2. The minimum Gasteiger partial charge on any atom is -0.494 e. The molecule has 0 bridgehead atoms. The van der Waals surface area contributed by atoms with Crippen LogP contribution in [0.3, 0.4) is 0 Å². The number of rotatable bonds is 10. The van der Waals surface area contributed by atoms with Crippen molar-refractivity contribution in [1.82, 2.24) is 30.6 Å². The lowest BCUT2D eigenvalue weighted by Crippen LogP contribution is -2.34. The molecular weight excluding hydrogens is 458 g/mol. The fourth-order valence-electron chi connectivity index (χ4n) is 2.72. The number of benzene rings is 1. The van der Waals surface area contributed by atoms with Crippen molar-refractivity contribution in [2.24, 2.45) is 0 Å². The Morgan fingerprint density at radius 2 is 1.88 bits per heavy atom. The molecule has 0 fully saturated rings. The molecule has 33 heavy (non-hydrogen) atoms. The Labute approximate surface area is 192 Å². The molecule has 0 radical (unpaired) electrons. The van der Waals surface area contributed by atoms with Gasteiger partial charge in [-0.05, 0) is 43.0 Å². The molecule has 174 valence electrons. The van der Waals surface area contributed by atoms with Gasteiger partial charge in [-0.25, -0.2) is 0 Å². The van der Waals surface area contributed by atoms with Crippen molar-refractivity contribution in [2.45, 2.75) is 20.4 Å². The molecule has 3 aromatic rings. The topological polar surface area (TPSA) is 167 Å². The van der Waals surface area contributed by atoms with Crippen molar-refractivity contribution in [3.05, 3.63) is 62.4 Å². The first-order chi connectivity index (χ1) is 15.8. The van der Waals surface area contributed by atoms with E-state index in [-0.39, 0.29) is 42.3 Å². The molecule has 14 heteroatoms. The van der Waals surface area contributed by atoms with E-state index < -0.39 is 16.6 Å². The Morgan fingerprint density at radius 1 is 1.21 bits per heavy atom. The van der Waals surface area contributed by atoms with Crippen LogP contribution in [0.5, 0.6) is 5.75 Å². The van der Waals surface area contributed by atoms with E-state index in [9.17, 15) is 19.7 Å². The van der Waals surface area contributed by atoms with Gasteiger partial charge in [0.15, 0.2) is 10.8 Å². The summed E-state index contributed by atoms with van der Waals surface area (Å²) in [5.41, 5.74) is 0.808. The third-order valence-electron chi connectivity index (χ3n) is 4.37. The molecular formula is C19H20ClN7O6. The summed E-state index contributed by atoms with van der Waals surface area (Å²) in [6.45, 7) is 4.18. The molecule has 13 nitrogen and oxygen atoms in total. The third kappa shape index (κ3) is 5.83. The number of amides is 2. The Balaban J connectivity index is 1.47. The first kappa shape index (κ1) is 23.7. The van der Waals surface area contributed by atoms with Crippen molar-refractivity contribution in [3.63, 3.8) is 0 Å². The van der Waals surface area contributed by atoms with E-state index in [1.54, 1.807) is 31.2 Å². The molecule has 0 saturated heterocycles. The van der Waals surface area contributed by atoms with Gasteiger partial charge in [0.2, 0.25) is 0 Å². The van der Waals surface area contributed by atoms with Gasteiger partial charge in [0.1, 0.15) is 12.3 Å². The minimum absolute atomic E-state index is 0.0751. The van der Waals surface area contributed by atoms with Crippen LogP contribution >= 0.6 is 11.6 Å². The highest BCUT2D eigenvalue weighted by Crippen LogP contribution is 2.26. The van der Waals surface area contributed by atoms with E-state index in [4.69, 9.17) is 20.9 Å². The van der Waals surface area contributed by atoms with Crippen molar-refractivity contribution in [2.75, 3.05) is 19.7 Å². The lowest BCUT2D eigenvalue weighted by Gasteiger charge is -2.07. The van der Waals surface area contributed by atoms with Gasteiger partial charge in [-0.2, -0.15) is 9.67 Å². The molecule has 2 amide bonds. The van der Waals surface area contributed by atoms with Crippen molar-refractivity contribution >= 4 is 29.2 Å². The normalized spacial score (nSPS) is 10.6. The lowest BCUT2D eigenvalue weighted by atomic mass is 10.2. The second-order valence-electron chi connectivity index (χ2n) is 6.62. The number of nitrogens with zero attached hydrogens (tertiary/aromatic N) is 5. The smallest absolute Gasteiger partial charge is 0.408 e. The van der Waals surface area contributed by atoms with Gasteiger partial charge in [0.05, 0.1) is 17.4 Å². The number of nitro groups is 1. The number of hydrogen-bond acceptors (Lipinski definition) is 9. The van der Waals surface area contributed by atoms with Crippen LogP contribution in [0.2, 0.25) is 5.02 Å². The summed E-state index contributed by atoms with van der Waals surface area (Å²) < 4.78 is 11.5. The van der Waals surface area contributed by atoms with E-state index in [0.29, 0.717) is 23.6 Å². The monoisotopic (exact) mass is 477 g/mol. The number of carbonyl (C=O) groups is 2. The second-order valence-corrected chi connectivity index (χ2v) is 7.00. The van der Waals surface area contributed by atoms with Gasteiger partial charge < -0.3 is 30.0 Å². The fourth-order valence-corrected chi connectivity index (χ4v) is 2.93. The zero-order valence-corrected chi connectivity index (χ0v) is 18.5. The summed E-state index contributed by atoms with van der Waals surface area (Å²) in [6, 6.07) is 6.68. The summed E-state index contributed by atoms with van der Waals surface area (Å²) in [6.07, 6.45) is 0. The Kier molecular flexibility index (Phi) is 7.56. The average Bonchev–Trinajstić information content (AvgIpc) is 3.37. The Hall–Kier alpha value is -4.00. The largest absolute Gasteiger partial charge is 0.494 e. The van der Waals surface area contributed by atoms with Gasteiger partial charge in [-0.3, -0.25) is 9.59 Å². The highest BCUT2D eigenvalue weighted by molar-refractivity contribution is 6.33. The van der Waals surface area contributed by atoms with E-state index in [0.717, 1.165) is 0 Å². The van der Waals surface area contributed by atoms with Gasteiger partial charge in [0.25, 0.3) is 5.91 Å². The minimum atomic E-state index is -0.699. The Morgan fingerprint density at radius 3 is 2.48 bits per heavy atom. The van der Waals surface area contributed by atoms with Gasteiger partial charge in [0, 0.05) is 18.7 Å². The van der Waals surface area contributed by atoms with Crippen molar-refractivity contribution in [1.29, 1.82) is 0 Å². The fraction of sp³-hybridized carbons (Fsp3) is 0.316. The van der Waals surface area contributed by atoms with E-state index >= 15 is 0 Å². The lowest BCUT2D eigenvalue weighted by molar-refractivity contribution is -0.389. The molecule has 0 aliphatic carbocycles. The summed E-state index contributed by atoms with van der Waals surface area (Å²) in [7, 11) is 0. The summed E-state index contributed by atoms with van der Waals surface area (Å²) in [5.74, 6) is -0.957. The van der Waals surface area contributed by atoms with E-state index in [2.05, 4.69) is 25.9 Å². The SMILES string of the molecule is CCOc1ccc(C(=O)NCCNC(=O)c2nc(Cn3nc([N+](=O)[O-])c(Cl)c3C)no2)cc1. The number of halogens is 1. The number of nitrogens with one attached hydrogen (secondary N) is 2. The highest BCUT2D eigenvalue weighted by Gasteiger charge is 2.25. The molecule has 3 rings (SSSR count). The molecule has 0 spiro atoms. The quantitative estimate of drug-likeness (QED) is 0.251. The molecule has 0 aliphatic heterocycles. The molecule has 0 atom stereocenters. The molecule has 2 aromatic heterocycles. The van der Waals surface area contributed by atoms with E-state index in [1.807, 2.05) is 6.92 Å². The van der Waals surface area contributed by atoms with Gasteiger partial charge >= 0.3 is 17.6 Å². The van der Waals surface area contributed by atoms with Crippen LogP contribution in [-0.4, -0.2) is 56.4 Å². The molecule has 0 unspecified atom stereocenters. The first-order valence-corrected chi connectivity index (χ1v) is 10.2. The third-order valence-corrected chi connectivity index (χ3v) is 4.81. The van der Waals surface area contributed by atoms with Crippen LogP contribution in [0, 0.1) is 17.0 Å². The Bertz CT molecular complexity index is 1160. The van der Waals surface area contributed by atoms with Gasteiger partial charge in [-0.1, -0.05) is 16.8 Å². The molecule has 2 N–H and O–H groups in total.